The highest BCUT2D eigenvalue weighted by atomic mass is 16.5. The van der Waals surface area contributed by atoms with Gasteiger partial charge in [-0.1, -0.05) is 0 Å². The van der Waals surface area contributed by atoms with Crippen molar-refractivity contribution >= 4 is 11.7 Å². The molecular weight excluding hydrogens is 232 g/mol. The lowest BCUT2D eigenvalue weighted by atomic mass is 10.1. The summed E-state index contributed by atoms with van der Waals surface area (Å²) in [6, 6.07) is 0. The van der Waals surface area contributed by atoms with Crippen LogP contribution in [0.25, 0.3) is 0 Å². The average molecular weight is 254 g/mol. The van der Waals surface area contributed by atoms with Crippen LogP contribution in [0.1, 0.15) is 26.2 Å². The van der Waals surface area contributed by atoms with Crippen molar-refractivity contribution in [2.24, 2.45) is 0 Å². The van der Waals surface area contributed by atoms with E-state index in [0.29, 0.717) is 32.5 Å². The van der Waals surface area contributed by atoms with E-state index in [4.69, 9.17) is 4.74 Å². The Labute approximate surface area is 108 Å². The van der Waals surface area contributed by atoms with Crippen LogP contribution in [0, 0.1) is 0 Å². The fourth-order valence-corrected chi connectivity index (χ4v) is 2.52. The molecule has 2 rings (SSSR count). The van der Waals surface area contributed by atoms with E-state index in [-0.39, 0.29) is 17.8 Å². The van der Waals surface area contributed by atoms with Gasteiger partial charge in [0.2, 0.25) is 5.91 Å². The molecule has 0 N–H and O–H groups in total. The minimum atomic E-state index is 0.150. The van der Waals surface area contributed by atoms with Crippen molar-refractivity contribution in [3.05, 3.63) is 0 Å². The van der Waals surface area contributed by atoms with E-state index < -0.39 is 0 Å². The Balaban J connectivity index is 1.80. The highest BCUT2D eigenvalue weighted by Gasteiger charge is 2.23. The van der Waals surface area contributed by atoms with Crippen LogP contribution in [0.5, 0.6) is 0 Å². The summed E-state index contributed by atoms with van der Waals surface area (Å²) in [6.45, 7) is 6.21. The van der Waals surface area contributed by atoms with Crippen LogP contribution in [0.3, 0.4) is 0 Å². The average Bonchev–Trinajstić information content (AvgIpc) is 2.54. The maximum atomic E-state index is 12.1. The van der Waals surface area contributed by atoms with Crippen LogP contribution in [0.15, 0.2) is 0 Å². The summed E-state index contributed by atoms with van der Waals surface area (Å²) in [5.41, 5.74) is 0. The van der Waals surface area contributed by atoms with Gasteiger partial charge in [0.05, 0.1) is 12.6 Å². The summed E-state index contributed by atoms with van der Waals surface area (Å²) >= 11 is 0. The lowest BCUT2D eigenvalue weighted by molar-refractivity contribution is -0.135. The number of Topliss-reactive ketones (excluding diaryl/α,β-unsaturated/α-hetero) is 1. The highest BCUT2D eigenvalue weighted by Crippen LogP contribution is 2.09. The maximum absolute atomic E-state index is 12.1. The van der Waals surface area contributed by atoms with E-state index in [0.717, 1.165) is 26.1 Å². The van der Waals surface area contributed by atoms with Gasteiger partial charge in [-0.3, -0.25) is 14.5 Å². The second-order valence-corrected chi connectivity index (χ2v) is 5.19. The Bertz CT molecular complexity index is 309. The molecule has 0 aromatic heterocycles. The van der Waals surface area contributed by atoms with Crippen molar-refractivity contribution in [2.45, 2.75) is 32.3 Å². The number of piperidine rings is 1. The second kappa shape index (κ2) is 6.29. The van der Waals surface area contributed by atoms with E-state index >= 15 is 0 Å². The number of rotatable bonds is 2. The third-order valence-electron chi connectivity index (χ3n) is 3.57. The molecule has 1 amide bonds. The molecule has 0 spiro atoms. The number of carbonyl (C=O) groups is 2. The standard InChI is InChI=1S/C13H22N2O3/c1-11-9-14(5-2-8-18-11)10-13(17)15-6-3-12(16)4-7-15/h11H,2-10H2,1H3. The first-order valence-corrected chi connectivity index (χ1v) is 6.78. The van der Waals surface area contributed by atoms with Crippen molar-refractivity contribution in [3.63, 3.8) is 0 Å². The normalized spacial score (nSPS) is 27.1. The number of hydrogen-bond acceptors (Lipinski definition) is 4. The van der Waals surface area contributed by atoms with E-state index in [9.17, 15) is 9.59 Å². The number of ether oxygens (including phenoxy) is 1. The highest BCUT2D eigenvalue weighted by molar-refractivity contribution is 5.84. The number of carbonyl (C=O) groups excluding carboxylic acids is 2. The van der Waals surface area contributed by atoms with E-state index in [1.807, 2.05) is 11.8 Å². The molecule has 1 unspecified atom stereocenters. The van der Waals surface area contributed by atoms with Crippen molar-refractivity contribution in [3.8, 4) is 0 Å². The van der Waals surface area contributed by atoms with Gasteiger partial charge in [0.15, 0.2) is 0 Å². The first kappa shape index (κ1) is 13.5. The molecule has 0 aliphatic carbocycles. The first-order valence-electron chi connectivity index (χ1n) is 6.78. The largest absolute Gasteiger partial charge is 0.377 e. The van der Waals surface area contributed by atoms with E-state index in [1.54, 1.807) is 0 Å². The number of amides is 1. The molecule has 2 aliphatic heterocycles. The molecule has 0 bridgehead atoms. The van der Waals surface area contributed by atoms with Crippen molar-refractivity contribution in [2.75, 3.05) is 39.3 Å². The molecule has 2 aliphatic rings. The van der Waals surface area contributed by atoms with Crippen molar-refractivity contribution in [1.29, 1.82) is 0 Å². The van der Waals surface area contributed by atoms with Crippen molar-refractivity contribution < 1.29 is 14.3 Å². The molecule has 0 aromatic rings. The first-order chi connectivity index (χ1) is 8.65. The molecule has 2 heterocycles. The van der Waals surface area contributed by atoms with E-state index in [1.165, 1.54) is 0 Å². The number of hydrogen-bond donors (Lipinski definition) is 0. The Morgan fingerprint density at radius 3 is 2.78 bits per heavy atom. The zero-order valence-electron chi connectivity index (χ0n) is 11.1. The maximum Gasteiger partial charge on any atom is 0.236 e. The molecule has 5 nitrogen and oxygen atoms in total. The number of ketones is 1. The third-order valence-corrected chi connectivity index (χ3v) is 3.57. The molecule has 102 valence electrons. The summed E-state index contributed by atoms with van der Waals surface area (Å²) in [5, 5.41) is 0. The van der Waals surface area contributed by atoms with Crippen molar-refractivity contribution in [1.82, 2.24) is 9.80 Å². The predicted octanol–water partition coefficient (Wildman–Crippen LogP) is 0.289. The van der Waals surface area contributed by atoms with Crippen LogP contribution in [0.4, 0.5) is 0 Å². The zero-order chi connectivity index (χ0) is 13.0. The smallest absolute Gasteiger partial charge is 0.236 e. The molecule has 0 radical (unpaired) electrons. The van der Waals surface area contributed by atoms with Gasteiger partial charge in [0, 0.05) is 45.6 Å². The van der Waals surface area contributed by atoms with Gasteiger partial charge < -0.3 is 9.64 Å². The second-order valence-electron chi connectivity index (χ2n) is 5.19. The molecule has 5 heteroatoms. The Hall–Kier alpha value is -0.940. The van der Waals surface area contributed by atoms with Gasteiger partial charge in [-0.2, -0.15) is 0 Å². The van der Waals surface area contributed by atoms with E-state index in [2.05, 4.69) is 4.90 Å². The number of likely N-dealkylation sites (tertiary alicyclic amines) is 1. The van der Waals surface area contributed by atoms with Crippen LogP contribution in [-0.4, -0.2) is 66.9 Å². The summed E-state index contributed by atoms with van der Waals surface area (Å²) in [5.74, 6) is 0.424. The molecule has 2 fully saturated rings. The van der Waals surface area contributed by atoms with Crippen LogP contribution < -0.4 is 0 Å². The third kappa shape index (κ3) is 3.78. The quantitative estimate of drug-likeness (QED) is 0.710. The van der Waals surface area contributed by atoms with Crippen LogP contribution in [0.2, 0.25) is 0 Å². The predicted molar refractivity (Wildman–Crippen MR) is 67.3 cm³/mol. The summed E-state index contributed by atoms with van der Waals surface area (Å²) < 4.78 is 5.56. The Morgan fingerprint density at radius 2 is 2.06 bits per heavy atom. The molecular formula is C13H22N2O3. The zero-order valence-corrected chi connectivity index (χ0v) is 11.1. The fraction of sp³-hybridized carbons (Fsp3) is 0.846. The molecule has 1 atom stereocenters. The summed E-state index contributed by atoms with van der Waals surface area (Å²) in [6.07, 6.45) is 2.22. The van der Waals surface area contributed by atoms with Gasteiger partial charge in [-0.25, -0.2) is 0 Å². The van der Waals surface area contributed by atoms with Crippen LogP contribution in [-0.2, 0) is 14.3 Å². The molecule has 0 saturated carbocycles. The van der Waals surface area contributed by atoms with Gasteiger partial charge in [0.25, 0.3) is 0 Å². The monoisotopic (exact) mass is 254 g/mol. The summed E-state index contributed by atoms with van der Waals surface area (Å²) in [7, 11) is 0. The number of nitrogens with zero attached hydrogens (tertiary/aromatic N) is 2. The minimum Gasteiger partial charge on any atom is -0.377 e. The molecule has 18 heavy (non-hydrogen) atoms. The molecule has 2 saturated heterocycles. The Morgan fingerprint density at radius 1 is 1.33 bits per heavy atom. The summed E-state index contributed by atoms with van der Waals surface area (Å²) in [4.78, 5) is 27.2. The van der Waals surface area contributed by atoms with Gasteiger partial charge in [-0.05, 0) is 13.3 Å². The SMILES string of the molecule is CC1CN(CC(=O)N2CCC(=O)CC2)CCCO1. The van der Waals surface area contributed by atoms with Gasteiger partial charge in [-0.15, -0.1) is 0 Å². The lowest BCUT2D eigenvalue weighted by Gasteiger charge is -2.29. The van der Waals surface area contributed by atoms with Crippen LogP contribution >= 0.6 is 0 Å². The molecule has 0 aromatic carbocycles. The lowest BCUT2D eigenvalue weighted by Crippen LogP contribution is -2.45. The van der Waals surface area contributed by atoms with Gasteiger partial charge >= 0.3 is 0 Å². The Kier molecular flexibility index (Phi) is 4.72. The van der Waals surface area contributed by atoms with Gasteiger partial charge in [0.1, 0.15) is 5.78 Å². The fourth-order valence-electron chi connectivity index (χ4n) is 2.52. The minimum absolute atomic E-state index is 0.150. The topological polar surface area (TPSA) is 49.9 Å².